The Hall–Kier alpha value is -2.26. The van der Waals surface area contributed by atoms with Crippen LogP contribution in [0.4, 0.5) is 0 Å². The number of hydrogen-bond acceptors (Lipinski definition) is 5. The topological polar surface area (TPSA) is 98.3 Å². The lowest BCUT2D eigenvalue weighted by Gasteiger charge is -2.25. The number of rotatable bonds is 6. The third kappa shape index (κ3) is 3.95. The third-order valence-electron chi connectivity index (χ3n) is 5.12. The zero-order valence-corrected chi connectivity index (χ0v) is 16.3. The van der Waals surface area contributed by atoms with Gasteiger partial charge in [-0.1, -0.05) is 18.6 Å². The summed E-state index contributed by atoms with van der Waals surface area (Å²) < 4.78 is 27.0. The van der Waals surface area contributed by atoms with E-state index in [9.17, 15) is 13.5 Å². The van der Waals surface area contributed by atoms with Crippen LogP contribution in [-0.4, -0.2) is 40.9 Å². The van der Waals surface area contributed by atoms with Crippen molar-refractivity contribution in [3.05, 3.63) is 60.0 Å². The van der Waals surface area contributed by atoms with E-state index in [0.29, 0.717) is 30.2 Å². The van der Waals surface area contributed by atoms with Gasteiger partial charge in [-0.25, -0.2) is 8.42 Å². The summed E-state index contributed by atoms with van der Waals surface area (Å²) in [5, 5.41) is 14.4. The van der Waals surface area contributed by atoms with Crippen LogP contribution in [0.5, 0.6) is 0 Å². The minimum atomic E-state index is -3.42. The van der Waals surface area contributed by atoms with Crippen molar-refractivity contribution in [2.24, 2.45) is 0 Å². The van der Waals surface area contributed by atoms with E-state index in [2.05, 4.69) is 15.3 Å². The van der Waals surface area contributed by atoms with E-state index in [1.54, 1.807) is 41.0 Å². The van der Waals surface area contributed by atoms with Gasteiger partial charge in [-0.05, 0) is 42.7 Å². The van der Waals surface area contributed by atoms with Crippen molar-refractivity contribution < 1.29 is 13.5 Å². The number of nitrogens with zero attached hydrogens (tertiary/aromatic N) is 2. The number of aromatic amines is 1. The van der Waals surface area contributed by atoms with Crippen LogP contribution in [0, 0.1) is 0 Å². The maximum atomic E-state index is 12.7. The zero-order chi connectivity index (χ0) is 19.6. The van der Waals surface area contributed by atoms with E-state index in [4.69, 9.17) is 0 Å². The molecule has 2 aromatic heterocycles. The fraction of sp³-hybridized carbons (Fsp3) is 0.350. The Labute approximate surface area is 164 Å². The minimum absolute atomic E-state index is 0.321. The van der Waals surface area contributed by atoms with Crippen LogP contribution in [-0.2, 0) is 16.6 Å². The second-order valence-electron chi connectivity index (χ2n) is 7.08. The van der Waals surface area contributed by atoms with Gasteiger partial charge in [0, 0.05) is 31.2 Å². The summed E-state index contributed by atoms with van der Waals surface area (Å²) in [6.07, 6.45) is 5.49. The highest BCUT2D eigenvalue weighted by molar-refractivity contribution is 7.89. The van der Waals surface area contributed by atoms with Crippen LogP contribution in [0.2, 0.25) is 0 Å². The lowest BCUT2D eigenvalue weighted by Crippen LogP contribution is -2.35. The number of aromatic nitrogens is 2. The van der Waals surface area contributed by atoms with Gasteiger partial charge in [0.05, 0.1) is 22.3 Å². The van der Waals surface area contributed by atoms with Gasteiger partial charge in [0.2, 0.25) is 10.0 Å². The predicted octanol–water partition coefficient (Wildman–Crippen LogP) is 2.52. The Bertz CT molecular complexity index is 1010. The molecule has 1 aromatic carbocycles. The molecule has 0 bridgehead atoms. The van der Waals surface area contributed by atoms with Crippen molar-refractivity contribution in [2.75, 3.05) is 13.1 Å². The number of pyridine rings is 1. The quantitative estimate of drug-likeness (QED) is 0.552. The van der Waals surface area contributed by atoms with Crippen molar-refractivity contribution in [2.45, 2.75) is 36.9 Å². The molecule has 1 fully saturated rings. The summed E-state index contributed by atoms with van der Waals surface area (Å²) in [6.45, 7) is 1.61. The highest BCUT2D eigenvalue weighted by Gasteiger charge is 2.25. The van der Waals surface area contributed by atoms with Gasteiger partial charge in [0.15, 0.2) is 0 Å². The molecule has 1 aliphatic heterocycles. The van der Waals surface area contributed by atoms with Crippen LogP contribution in [0.25, 0.3) is 10.9 Å². The molecule has 1 unspecified atom stereocenters. The Kier molecular flexibility index (Phi) is 5.45. The molecular weight excluding hydrogens is 376 g/mol. The standard InChI is InChI=1S/C20H24N4O3S/c25-20(18-12-16-8-9-21-14-19(16)23-18)22-13-15-4-6-17(7-5-15)28(26,27)24-10-2-1-3-11-24/h4-9,12,14,20,22-23,25H,1-3,10-11,13H2. The Balaban J connectivity index is 1.40. The molecule has 4 rings (SSSR count). The summed E-state index contributed by atoms with van der Waals surface area (Å²) in [6, 6.07) is 10.6. The van der Waals surface area contributed by atoms with E-state index in [-0.39, 0.29) is 0 Å². The zero-order valence-electron chi connectivity index (χ0n) is 15.5. The number of hydrogen-bond donors (Lipinski definition) is 3. The molecule has 3 heterocycles. The van der Waals surface area contributed by atoms with Crippen LogP contribution in [0.3, 0.4) is 0 Å². The first-order valence-electron chi connectivity index (χ1n) is 9.47. The maximum Gasteiger partial charge on any atom is 0.243 e. The lowest BCUT2D eigenvalue weighted by molar-refractivity contribution is 0.133. The Morgan fingerprint density at radius 2 is 1.89 bits per heavy atom. The van der Waals surface area contributed by atoms with Gasteiger partial charge >= 0.3 is 0 Å². The smallest absolute Gasteiger partial charge is 0.243 e. The fourth-order valence-corrected chi connectivity index (χ4v) is 5.02. The normalized spacial score (nSPS) is 17.0. The molecule has 0 radical (unpaired) electrons. The van der Waals surface area contributed by atoms with Crippen molar-refractivity contribution in [3.8, 4) is 0 Å². The number of benzene rings is 1. The summed E-state index contributed by atoms with van der Waals surface area (Å²) in [5.41, 5.74) is 2.42. The number of H-pyrrole nitrogens is 1. The number of fused-ring (bicyclic) bond motifs is 1. The molecule has 8 heteroatoms. The number of piperidine rings is 1. The molecule has 0 amide bonds. The van der Waals surface area contributed by atoms with Crippen molar-refractivity contribution in [3.63, 3.8) is 0 Å². The van der Waals surface area contributed by atoms with Crippen LogP contribution in [0.15, 0.2) is 53.7 Å². The first-order chi connectivity index (χ1) is 13.5. The van der Waals surface area contributed by atoms with Gasteiger partial charge in [-0.3, -0.25) is 10.3 Å². The van der Waals surface area contributed by atoms with E-state index >= 15 is 0 Å². The van der Waals surface area contributed by atoms with Crippen LogP contribution < -0.4 is 5.32 Å². The van der Waals surface area contributed by atoms with Gasteiger partial charge in [-0.15, -0.1) is 0 Å². The monoisotopic (exact) mass is 400 g/mol. The van der Waals surface area contributed by atoms with Crippen molar-refractivity contribution in [1.82, 2.24) is 19.6 Å². The fourth-order valence-electron chi connectivity index (χ4n) is 3.50. The van der Waals surface area contributed by atoms with E-state index in [1.165, 1.54) is 0 Å². The summed E-state index contributed by atoms with van der Waals surface area (Å²) >= 11 is 0. The molecule has 1 aliphatic rings. The lowest BCUT2D eigenvalue weighted by atomic mass is 10.2. The molecule has 28 heavy (non-hydrogen) atoms. The van der Waals surface area contributed by atoms with Gasteiger partial charge in [0.1, 0.15) is 6.23 Å². The molecule has 3 N–H and O–H groups in total. The van der Waals surface area contributed by atoms with Gasteiger partial charge in [0.25, 0.3) is 0 Å². The number of aliphatic hydroxyl groups excluding tert-OH is 1. The summed E-state index contributed by atoms with van der Waals surface area (Å²) in [5.74, 6) is 0. The predicted molar refractivity (Wildman–Crippen MR) is 107 cm³/mol. The molecule has 3 aromatic rings. The van der Waals surface area contributed by atoms with Crippen molar-refractivity contribution >= 4 is 20.9 Å². The average Bonchev–Trinajstić information content (AvgIpc) is 3.17. The second-order valence-corrected chi connectivity index (χ2v) is 9.02. The number of sulfonamides is 1. The number of aliphatic hydroxyl groups is 1. The first-order valence-corrected chi connectivity index (χ1v) is 10.9. The first kappa shape index (κ1) is 19.1. The Morgan fingerprint density at radius 3 is 2.61 bits per heavy atom. The van der Waals surface area contributed by atoms with Gasteiger partial charge in [-0.2, -0.15) is 4.31 Å². The Morgan fingerprint density at radius 1 is 1.14 bits per heavy atom. The highest BCUT2D eigenvalue weighted by atomic mass is 32.2. The molecule has 1 saturated heterocycles. The summed E-state index contributed by atoms with van der Waals surface area (Å²) in [4.78, 5) is 7.51. The molecule has 0 aliphatic carbocycles. The van der Waals surface area contributed by atoms with E-state index in [0.717, 1.165) is 35.7 Å². The molecule has 1 atom stereocenters. The minimum Gasteiger partial charge on any atom is -0.373 e. The van der Waals surface area contributed by atoms with E-state index in [1.807, 2.05) is 12.1 Å². The molecule has 7 nitrogen and oxygen atoms in total. The molecular formula is C20H24N4O3S. The largest absolute Gasteiger partial charge is 0.373 e. The average molecular weight is 401 g/mol. The second kappa shape index (κ2) is 8.00. The third-order valence-corrected chi connectivity index (χ3v) is 7.03. The number of nitrogens with one attached hydrogen (secondary N) is 2. The maximum absolute atomic E-state index is 12.7. The highest BCUT2D eigenvalue weighted by Crippen LogP contribution is 2.21. The SMILES string of the molecule is O=S(=O)(c1ccc(CNC(O)c2cc3ccncc3[nH]2)cc1)N1CCCCC1. The van der Waals surface area contributed by atoms with E-state index < -0.39 is 16.3 Å². The van der Waals surface area contributed by atoms with Crippen molar-refractivity contribution in [1.29, 1.82) is 0 Å². The summed E-state index contributed by atoms with van der Waals surface area (Å²) in [7, 11) is -3.42. The van der Waals surface area contributed by atoms with Crippen LogP contribution in [0.1, 0.15) is 36.7 Å². The molecule has 0 saturated carbocycles. The molecule has 148 valence electrons. The molecule has 0 spiro atoms. The van der Waals surface area contributed by atoms with Crippen LogP contribution >= 0.6 is 0 Å². The van der Waals surface area contributed by atoms with Gasteiger partial charge < -0.3 is 10.1 Å².